The summed E-state index contributed by atoms with van der Waals surface area (Å²) in [6.07, 6.45) is 0. The number of aromatic nitrogens is 8. The summed E-state index contributed by atoms with van der Waals surface area (Å²) in [4.78, 5) is 40.5. The normalized spacial score (nSPS) is 11.7. The Hall–Kier alpha value is -16.7. The molecule has 9 nitrogen and oxygen atoms in total. The van der Waals surface area contributed by atoms with Crippen LogP contribution < -0.4 is 0 Å². The molecule has 27 aromatic rings. The van der Waals surface area contributed by atoms with Gasteiger partial charge in [-0.2, -0.15) is 0 Å². The van der Waals surface area contributed by atoms with Gasteiger partial charge in [0.25, 0.3) is 0 Å². The van der Waals surface area contributed by atoms with Gasteiger partial charge >= 0.3 is 0 Å². The fourth-order valence-electron chi connectivity index (χ4n) is 18.9. The lowest BCUT2D eigenvalue weighted by Gasteiger charge is -2.13. The number of hydrogen-bond acceptors (Lipinski definition) is 11. The third-order valence-corrected chi connectivity index (χ3v) is 27.4. The second-order valence-corrected chi connectivity index (χ2v) is 34.8. The van der Waals surface area contributed by atoms with Crippen LogP contribution in [0.1, 0.15) is 0 Å². The third kappa shape index (κ3) is 13.3. The van der Waals surface area contributed by atoms with E-state index in [1.54, 1.807) is 0 Å². The average Bonchev–Trinajstić information content (AvgIpc) is 1.65. The van der Waals surface area contributed by atoms with Crippen LogP contribution in [0.4, 0.5) is 0 Å². The molecule has 0 saturated carbocycles. The monoisotopic (exact) mass is 1680 g/mol. The summed E-state index contributed by atoms with van der Waals surface area (Å²) in [6.45, 7) is 0. The van der Waals surface area contributed by atoms with Gasteiger partial charge < -0.3 is 4.42 Å². The lowest BCUT2D eigenvalue weighted by Crippen LogP contribution is -2.00. The molecule has 0 aliphatic heterocycles. The molecule has 0 N–H and O–H groups in total. The van der Waals surface area contributed by atoms with Gasteiger partial charge in [0, 0.05) is 101 Å². The molecule has 0 radical (unpaired) electrons. The maximum Gasteiger partial charge on any atom is 0.164 e. The molecule has 0 amide bonds. The minimum absolute atomic E-state index is 0.625. The Balaban J connectivity index is 0.000000105. The van der Waals surface area contributed by atoms with Crippen LogP contribution in [-0.4, -0.2) is 39.9 Å². The quantitative estimate of drug-likeness (QED) is 0.130. The van der Waals surface area contributed by atoms with E-state index in [0.717, 1.165) is 89.2 Å². The van der Waals surface area contributed by atoms with E-state index >= 15 is 0 Å². The number of thiophene rings is 2. The molecule has 6 heterocycles. The third-order valence-electron chi connectivity index (χ3n) is 25.1. The first-order chi connectivity index (χ1) is 63.9. The van der Waals surface area contributed by atoms with Crippen molar-refractivity contribution in [2.75, 3.05) is 0 Å². The highest BCUT2D eigenvalue weighted by Gasteiger charge is 2.22. The SMILES string of the molecule is c1ccc(-c2cc(-c3ccc4sc5ccccc5c4c3)nc(-c3ccc4c5ccccc5c5ccccc5c4c3)n2)cc1.c1ccc(-c2nc(-c3ccc4oc5ccccc5c4c3)nc(-c3ccc4c5ccccc5c5ccccc5c4c3)n2)cc1.c1ccc(-c2nc(-c3ccc4sc5ccccc5c4c3)nc(-c3ccc4c5ccccc5c5ccccc5c4c3)n2)cc1. The number of rotatable bonds is 9. The molecule has 21 aromatic carbocycles. The zero-order valence-corrected chi connectivity index (χ0v) is 70.8. The van der Waals surface area contributed by atoms with E-state index in [0.29, 0.717) is 34.9 Å². The van der Waals surface area contributed by atoms with E-state index in [-0.39, 0.29) is 0 Å². The summed E-state index contributed by atoms with van der Waals surface area (Å²) in [6, 6.07) is 149. The molecule has 0 aliphatic rings. The molecule has 0 saturated heterocycles. The molecule has 0 bridgehead atoms. The minimum atomic E-state index is 0.625. The van der Waals surface area contributed by atoms with Gasteiger partial charge in [0.05, 0.1) is 11.4 Å². The molecule has 600 valence electrons. The van der Waals surface area contributed by atoms with E-state index in [2.05, 4.69) is 340 Å². The van der Waals surface area contributed by atoms with Gasteiger partial charge in [0.15, 0.2) is 40.8 Å². The summed E-state index contributed by atoms with van der Waals surface area (Å²) < 4.78 is 11.2. The van der Waals surface area contributed by atoms with Gasteiger partial charge in [-0.05, 0) is 188 Å². The van der Waals surface area contributed by atoms with Crippen LogP contribution >= 0.6 is 22.7 Å². The molecule has 0 fully saturated rings. The van der Waals surface area contributed by atoms with Gasteiger partial charge in [-0.3, -0.25) is 0 Å². The maximum atomic E-state index is 6.08. The Bertz CT molecular complexity index is 8280. The Morgan fingerprint density at radius 2 is 0.364 bits per heavy atom. The predicted molar refractivity (Wildman–Crippen MR) is 541 cm³/mol. The van der Waals surface area contributed by atoms with Crippen LogP contribution in [0.15, 0.2) is 429 Å². The molecule has 11 heteroatoms. The van der Waals surface area contributed by atoms with Crippen molar-refractivity contribution < 1.29 is 4.42 Å². The standard InChI is InChI=1S/C40H24N2S.C39H23N3O.C39H23N3S/c1-2-10-25(11-3-1)36-24-37(26-19-21-39-35(22-26)33-16-8-9-17-38(33)43-39)42-40(41-36)27-18-20-32-30-14-5-4-12-28(30)29-13-6-7-15-31(29)34(32)23-27;2*1-2-10-24(11-3-1)37-40-38(42-39(41-37)26-19-21-36-34(23-26)32-16-8-9-17-35(32)43-36)25-18-20-31-29-14-5-4-12-27(29)28-13-6-7-15-30(28)33(31)22-25/h1-24H;2*1-23H. The van der Waals surface area contributed by atoms with Crippen molar-refractivity contribution >= 4 is 182 Å². The minimum Gasteiger partial charge on any atom is -0.456 e. The van der Waals surface area contributed by atoms with Gasteiger partial charge in [-0.1, -0.05) is 334 Å². The van der Waals surface area contributed by atoms with Crippen LogP contribution in [0.2, 0.25) is 0 Å². The number of nitrogens with zero attached hydrogens (tertiary/aromatic N) is 8. The van der Waals surface area contributed by atoms with Gasteiger partial charge in [-0.15, -0.1) is 22.7 Å². The lowest BCUT2D eigenvalue weighted by molar-refractivity contribution is 0.669. The van der Waals surface area contributed by atoms with Crippen LogP contribution in [0, 0.1) is 0 Å². The molecular formula is C118H70N8OS2. The molecule has 0 spiro atoms. The fraction of sp³-hybridized carbons (Fsp3) is 0. The highest BCUT2D eigenvalue weighted by atomic mass is 32.1. The van der Waals surface area contributed by atoms with Gasteiger partial charge in [0.1, 0.15) is 11.2 Å². The number of fused-ring (bicyclic) bond motifs is 27. The lowest BCUT2D eigenvalue weighted by atomic mass is 9.93. The number of para-hydroxylation sites is 1. The predicted octanol–water partition coefficient (Wildman–Crippen LogP) is 32.2. The summed E-state index contributed by atoms with van der Waals surface area (Å²) in [5.74, 6) is 4.63. The van der Waals surface area contributed by atoms with E-state index in [1.807, 2.05) is 108 Å². The number of hydrogen-bond donors (Lipinski definition) is 0. The Labute approximate surface area is 747 Å². The van der Waals surface area contributed by atoms with E-state index in [4.69, 9.17) is 44.3 Å². The summed E-state index contributed by atoms with van der Waals surface area (Å²) >= 11 is 3.65. The van der Waals surface area contributed by atoms with Crippen LogP contribution in [-0.2, 0) is 0 Å². The van der Waals surface area contributed by atoms with E-state index in [1.165, 1.54) is 137 Å². The van der Waals surface area contributed by atoms with E-state index < -0.39 is 0 Å². The maximum absolute atomic E-state index is 6.08. The van der Waals surface area contributed by atoms with Crippen LogP contribution in [0.3, 0.4) is 0 Å². The van der Waals surface area contributed by atoms with Gasteiger partial charge in [0.2, 0.25) is 0 Å². The van der Waals surface area contributed by atoms with Crippen molar-refractivity contribution in [3.63, 3.8) is 0 Å². The van der Waals surface area contributed by atoms with Gasteiger partial charge in [-0.25, -0.2) is 39.9 Å². The second-order valence-electron chi connectivity index (χ2n) is 32.7. The molecule has 0 aliphatic carbocycles. The first kappa shape index (κ1) is 74.9. The summed E-state index contributed by atoms with van der Waals surface area (Å²) in [7, 11) is 0. The molecule has 27 rings (SSSR count). The smallest absolute Gasteiger partial charge is 0.164 e. The number of furan rings is 1. The summed E-state index contributed by atoms with van der Waals surface area (Å²) in [5, 5.41) is 29.4. The summed E-state index contributed by atoms with van der Waals surface area (Å²) in [5.41, 5.74) is 12.4. The topological polar surface area (TPSA) is 116 Å². The van der Waals surface area contributed by atoms with Crippen molar-refractivity contribution in [2.24, 2.45) is 0 Å². The average molecular weight is 1680 g/mol. The first-order valence-corrected chi connectivity index (χ1v) is 44.9. The van der Waals surface area contributed by atoms with Crippen LogP contribution in [0.5, 0.6) is 0 Å². The molecular weight excluding hydrogens is 1610 g/mol. The van der Waals surface area contributed by atoms with E-state index in [9.17, 15) is 0 Å². The molecule has 0 unspecified atom stereocenters. The highest BCUT2D eigenvalue weighted by Crippen LogP contribution is 2.45. The Morgan fingerprint density at radius 3 is 0.744 bits per heavy atom. The zero-order valence-electron chi connectivity index (χ0n) is 69.2. The van der Waals surface area contributed by atoms with Crippen molar-refractivity contribution in [1.82, 2.24) is 39.9 Å². The molecule has 0 atom stereocenters. The Kier molecular flexibility index (Phi) is 18.1. The van der Waals surface area contributed by atoms with Crippen molar-refractivity contribution in [2.45, 2.75) is 0 Å². The number of benzene rings is 21. The Morgan fingerprint density at radius 1 is 0.132 bits per heavy atom. The molecule has 129 heavy (non-hydrogen) atoms. The van der Waals surface area contributed by atoms with Crippen molar-refractivity contribution in [3.05, 3.63) is 425 Å². The highest BCUT2D eigenvalue weighted by molar-refractivity contribution is 7.26. The second kappa shape index (κ2) is 31.2. The fourth-order valence-corrected chi connectivity index (χ4v) is 21.1. The molecule has 6 aromatic heterocycles. The van der Waals surface area contributed by atoms with Crippen molar-refractivity contribution in [3.8, 4) is 102 Å². The first-order valence-electron chi connectivity index (χ1n) is 43.2. The zero-order chi connectivity index (χ0) is 85.0. The van der Waals surface area contributed by atoms with Crippen LogP contribution in [0.25, 0.3) is 261 Å². The largest absolute Gasteiger partial charge is 0.456 e. The van der Waals surface area contributed by atoms with Crippen molar-refractivity contribution in [1.29, 1.82) is 0 Å².